The summed E-state index contributed by atoms with van der Waals surface area (Å²) in [5.74, 6) is 1.33. The van der Waals surface area contributed by atoms with Gasteiger partial charge in [0.15, 0.2) is 5.82 Å². The van der Waals surface area contributed by atoms with Gasteiger partial charge in [0.25, 0.3) is 0 Å². The number of fused-ring (bicyclic) bond motifs is 1. The Kier molecular flexibility index (Phi) is 3.91. The van der Waals surface area contributed by atoms with E-state index in [1.807, 2.05) is 30.0 Å². The number of hydrogen-bond acceptors (Lipinski definition) is 3. The van der Waals surface area contributed by atoms with Crippen molar-refractivity contribution in [3.63, 3.8) is 0 Å². The number of aromatic amines is 1. The highest BCUT2D eigenvalue weighted by Crippen LogP contribution is 2.36. The summed E-state index contributed by atoms with van der Waals surface area (Å²) >= 11 is 0. The van der Waals surface area contributed by atoms with Gasteiger partial charge in [-0.25, -0.2) is 4.79 Å². The molecule has 0 bridgehead atoms. The Morgan fingerprint density at radius 3 is 2.84 bits per heavy atom. The minimum atomic E-state index is -0.340. The molecule has 7 heteroatoms. The molecule has 4 rings (SSSR count). The van der Waals surface area contributed by atoms with E-state index in [2.05, 4.69) is 20.8 Å². The second-order valence-corrected chi connectivity index (χ2v) is 6.81. The number of hydrogen-bond donors (Lipinski definition) is 3. The van der Waals surface area contributed by atoms with Gasteiger partial charge in [0.2, 0.25) is 5.91 Å². The van der Waals surface area contributed by atoms with E-state index in [9.17, 15) is 9.59 Å². The molecule has 1 aromatic carbocycles. The van der Waals surface area contributed by atoms with Crippen LogP contribution in [-0.2, 0) is 11.2 Å². The molecule has 0 radical (unpaired) electrons. The molecule has 2 aromatic rings. The van der Waals surface area contributed by atoms with Gasteiger partial charge >= 0.3 is 6.03 Å². The Labute approximate surface area is 145 Å². The Balaban J connectivity index is 1.46. The van der Waals surface area contributed by atoms with Gasteiger partial charge in [-0.15, -0.1) is 0 Å². The maximum absolute atomic E-state index is 12.2. The van der Waals surface area contributed by atoms with Crippen LogP contribution in [0, 0.1) is 12.8 Å². The summed E-state index contributed by atoms with van der Waals surface area (Å²) in [7, 11) is 0. The van der Waals surface area contributed by atoms with Gasteiger partial charge in [-0.2, -0.15) is 5.10 Å². The standard InChI is InChI=1S/C18H21N5O2/c1-11-8-16(22-21-11)20-18(25)19-14-5-6-15-13(9-14)4-7-17(24)23(15)10-12-2-3-12/h5-6,8-9,12H,2-4,7,10H2,1H3,(H3,19,20,21,22,25). The van der Waals surface area contributed by atoms with Crippen molar-refractivity contribution < 1.29 is 9.59 Å². The molecule has 3 N–H and O–H groups in total. The Morgan fingerprint density at radius 2 is 2.12 bits per heavy atom. The molecule has 2 heterocycles. The van der Waals surface area contributed by atoms with E-state index in [0.717, 1.165) is 23.5 Å². The number of rotatable bonds is 4. The van der Waals surface area contributed by atoms with E-state index >= 15 is 0 Å². The lowest BCUT2D eigenvalue weighted by atomic mass is 10.00. The summed E-state index contributed by atoms with van der Waals surface area (Å²) < 4.78 is 0. The van der Waals surface area contributed by atoms with E-state index in [4.69, 9.17) is 0 Å². The number of nitrogens with one attached hydrogen (secondary N) is 3. The van der Waals surface area contributed by atoms with Crippen molar-refractivity contribution in [3.8, 4) is 0 Å². The number of nitrogens with zero attached hydrogens (tertiary/aromatic N) is 2. The topological polar surface area (TPSA) is 90.1 Å². The lowest BCUT2D eigenvalue weighted by Crippen LogP contribution is -2.36. The average molecular weight is 339 g/mol. The molecule has 130 valence electrons. The first-order valence-electron chi connectivity index (χ1n) is 8.62. The summed E-state index contributed by atoms with van der Waals surface area (Å²) in [5, 5.41) is 12.3. The van der Waals surface area contributed by atoms with Gasteiger partial charge in [-0.1, -0.05) is 0 Å². The number of amides is 3. The van der Waals surface area contributed by atoms with Crippen LogP contribution in [0.25, 0.3) is 0 Å². The zero-order valence-corrected chi connectivity index (χ0v) is 14.1. The third-order valence-corrected chi connectivity index (χ3v) is 4.62. The largest absolute Gasteiger partial charge is 0.324 e. The fraction of sp³-hybridized carbons (Fsp3) is 0.389. The fourth-order valence-electron chi connectivity index (χ4n) is 3.16. The molecule has 0 unspecified atom stereocenters. The van der Waals surface area contributed by atoms with Crippen LogP contribution in [0.2, 0.25) is 0 Å². The van der Waals surface area contributed by atoms with Gasteiger partial charge in [-0.3, -0.25) is 15.2 Å². The number of aromatic nitrogens is 2. The van der Waals surface area contributed by atoms with Crippen molar-refractivity contribution in [3.05, 3.63) is 35.5 Å². The number of aryl methyl sites for hydroxylation is 2. The van der Waals surface area contributed by atoms with Crippen LogP contribution in [0.15, 0.2) is 24.3 Å². The Bertz CT molecular complexity index is 825. The predicted octanol–water partition coefficient (Wildman–Crippen LogP) is 3.05. The normalized spacial score (nSPS) is 16.5. The second kappa shape index (κ2) is 6.23. The zero-order chi connectivity index (χ0) is 17.4. The van der Waals surface area contributed by atoms with Gasteiger partial charge in [0.05, 0.1) is 0 Å². The number of urea groups is 1. The van der Waals surface area contributed by atoms with E-state index in [1.54, 1.807) is 6.07 Å². The first-order valence-corrected chi connectivity index (χ1v) is 8.62. The molecule has 3 amide bonds. The van der Waals surface area contributed by atoms with E-state index < -0.39 is 0 Å². The molecule has 0 spiro atoms. The second-order valence-electron chi connectivity index (χ2n) is 6.81. The minimum absolute atomic E-state index is 0.201. The van der Waals surface area contributed by atoms with Crippen LogP contribution in [0.1, 0.15) is 30.5 Å². The van der Waals surface area contributed by atoms with Crippen LogP contribution in [0.4, 0.5) is 22.0 Å². The monoisotopic (exact) mass is 339 g/mol. The maximum Gasteiger partial charge on any atom is 0.324 e. The van der Waals surface area contributed by atoms with E-state index in [-0.39, 0.29) is 11.9 Å². The van der Waals surface area contributed by atoms with Crippen molar-refractivity contribution in [2.45, 2.75) is 32.6 Å². The predicted molar refractivity (Wildman–Crippen MR) is 95.8 cm³/mol. The summed E-state index contributed by atoms with van der Waals surface area (Å²) in [6, 6.07) is 7.15. The van der Waals surface area contributed by atoms with Crippen molar-refractivity contribution in [2.75, 3.05) is 22.1 Å². The van der Waals surface area contributed by atoms with E-state index in [1.165, 1.54) is 12.8 Å². The highest BCUT2D eigenvalue weighted by Gasteiger charge is 2.31. The van der Waals surface area contributed by atoms with Gasteiger partial charge in [0, 0.05) is 36.1 Å². The maximum atomic E-state index is 12.2. The van der Waals surface area contributed by atoms with E-state index in [0.29, 0.717) is 30.3 Å². The van der Waals surface area contributed by atoms with Crippen molar-refractivity contribution in [1.29, 1.82) is 0 Å². The van der Waals surface area contributed by atoms with Gasteiger partial charge in [0.1, 0.15) is 0 Å². The summed E-state index contributed by atoms with van der Waals surface area (Å²) in [6.07, 6.45) is 3.67. The van der Waals surface area contributed by atoms with Crippen LogP contribution in [0.5, 0.6) is 0 Å². The number of benzene rings is 1. The third-order valence-electron chi connectivity index (χ3n) is 4.62. The molecule has 1 saturated carbocycles. The fourth-order valence-corrected chi connectivity index (χ4v) is 3.16. The zero-order valence-electron chi connectivity index (χ0n) is 14.1. The number of H-pyrrole nitrogens is 1. The molecule has 2 aliphatic rings. The summed E-state index contributed by atoms with van der Waals surface area (Å²) in [5.41, 5.74) is 3.68. The Morgan fingerprint density at radius 1 is 1.28 bits per heavy atom. The molecule has 0 atom stereocenters. The lowest BCUT2D eigenvalue weighted by Gasteiger charge is -2.30. The molecule has 7 nitrogen and oxygen atoms in total. The SMILES string of the molecule is Cc1cc(NC(=O)Nc2ccc3c(c2)CCC(=O)N3CC2CC2)n[nH]1. The molecule has 1 aliphatic carbocycles. The number of carbonyl (C=O) groups excluding carboxylic acids is 2. The van der Waals surface area contributed by atoms with Crippen LogP contribution in [0.3, 0.4) is 0 Å². The highest BCUT2D eigenvalue weighted by molar-refractivity contribution is 6.00. The quantitative estimate of drug-likeness (QED) is 0.799. The molecule has 25 heavy (non-hydrogen) atoms. The highest BCUT2D eigenvalue weighted by atomic mass is 16.2. The number of carbonyl (C=O) groups is 2. The summed E-state index contributed by atoms with van der Waals surface area (Å²) in [4.78, 5) is 26.2. The van der Waals surface area contributed by atoms with Gasteiger partial charge < -0.3 is 10.2 Å². The number of anilines is 3. The first kappa shape index (κ1) is 15.7. The molecular formula is C18H21N5O2. The van der Waals surface area contributed by atoms with Gasteiger partial charge in [-0.05, 0) is 55.9 Å². The minimum Gasteiger partial charge on any atom is -0.312 e. The van der Waals surface area contributed by atoms with Crippen molar-refractivity contribution in [2.24, 2.45) is 5.92 Å². The van der Waals surface area contributed by atoms with Crippen LogP contribution in [-0.4, -0.2) is 28.7 Å². The van der Waals surface area contributed by atoms with Crippen molar-refractivity contribution in [1.82, 2.24) is 10.2 Å². The lowest BCUT2D eigenvalue weighted by molar-refractivity contribution is -0.118. The van der Waals surface area contributed by atoms with Crippen LogP contribution >= 0.6 is 0 Å². The molecule has 1 aliphatic heterocycles. The molecule has 1 aromatic heterocycles. The average Bonchev–Trinajstić information content (AvgIpc) is 3.31. The Hall–Kier alpha value is -2.83. The molecule has 0 saturated heterocycles. The molecular weight excluding hydrogens is 318 g/mol. The first-order chi connectivity index (χ1) is 12.1. The van der Waals surface area contributed by atoms with Crippen molar-refractivity contribution >= 4 is 29.1 Å². The third kappa shape index (κ3) is 3.50. The van der Waals surface area contributed by atoms with Crippen LogP contribution < -0.4 is 15.5 Å². The molecule has 1 fully saturated rings. The smallest absolute Gasteiger partial charge is 0.312 e. The summed E-state index contributed by atoms with van der Waals surface area (Å²) in [6.45, 7) is 2.69.